The Hall–Kier alpha value is -3.89. The third kappa shape index (κ3) is 4.58. The summed E-state index contributed by atoms with van der Waals surface area (Å²) < 4.78 is 2.06. The SMILES string of the molecule is Cc1cc(C(=O)CN2C(=O)NC(C)(c3ccc(C#N)cc3)C2=O)c(C)n1CCc1ccc(Cl)cc1. The number of urea groups is 1. The molecule has 1 aromatic heterocycles. The quantitative estimate of drug-likeness (QED) is 0.390. The van der Waals surface area contributed by atoms with Crippen molar-refractivity contribution in [2.24, 2.45) is 0 Å². The van der Waals surface area contributed by atoms with Gasteiger partial charge in [-0.25, -0.2) is 4.79 Å². The van der Waals surface area contributed by atoms with Crippen LogP contribution in [0.25, 0.3) is 0 Å². The summed E-state index contributed by atoms with van der Waals surface area (Å²) >= 11 is 5.96. The van der Waals surface area contributed by atoms with Gasteiger partial charge < -0.3 is 9.88 Å². The molecule has 3 amide bonds. The fourth-order valence-electron chi connectivity index (χ4n) is 4.46. The molecule has 1 unspecified atom stereocenters. The number of nitrogens with one attached hydrogen (secondary N) is 1. The van der Waals surface area contributed by atoms with Crippen LogP contribution in [0.2, 0.25) is 5.02 Å². The molecule has 2 aromatic carbocycles. The fourth-order valence-corrected chi connectivity index (χ4v) is 4.59. The van der Waals surface area contributed by atoms with Crippen molar-refractivity contribution in [2.45, 2.75) is 39.3 Å². The fraction of sp³-hybridized carbons (Fsp3) is 0.259. The molecule has 4 rings (SSSR count). The first-order chi connectivity index (χ1) is 16.6. The Morgan fingerprint density at radius 3 is 2.37 bits per heavy atom. The zero-order valence-electron chi connectivity index (χ0n) is 19.8. The Bertz CT molecular complexity index is 1350. The highest BCUT2D eigenvalue weighted by atomic mass is 35.5. The van der Waals surface area contributed by atoms with Gasteiger partial charge in [-0.15, -0.1) is 0 Å². The van der Waals surface area contributed by atoms with Gasteiger partial charge in [0.05, 0.1) is 18.2 Å². The molecule has 1 aliphatic rings. The molecule has 3 aromatic rings. The number of ketones is 1. The average molecular weight is 489 g/mol. The molecule has 178 valence electrons. The van der Waals surface area contributed by atoms with Gasteiger partial charge in [-0.2, -0.15) is 5.26 Å². The minimum absolute atomic E-state index is 0.302. The number of Topliss-reactive ketones (excluding diaryl/α,β-unsaturated/α-hetero) is 1. The summed E-state index contributed by atoms with van der Waals surface area (Å²) in [6, 6.07) is 17.3. The van der Waals surface area contributed by atoms with Crippen LogP contribution in [-0.4, -0.2) is 33.7 Å². The number of carbonyl (C=O) groups excluding carboxylic acids is 3. The predicted molar refractivity (Wildman–Crippen MR) is 132 cm³/mol. The molecule has 2 heterocycles. The molecule has 1 fully saturated rings. The zero-order chi connectivity index (χ0) is 25.3. The number of hydrogen-bond donors (Lipinski definition) is 1. The number of rotatable bonds is 7. The lowest BCUT2D eigenvalue weighted by Crippen LogP contribution is -2.41. The van der Waals surface area contributed by atoms with Crippen LogP contribution in [0.15, 0.2) is 54.6 Å². The van der Waals surface area contributed by atoms with Crippen LogP contribution >= 0.6 is 11.6 Å². The monoisotopic (exact) mass is 488 g/mol. The minimum atomic E-state index is -1.30. The Morgan fingerprint density at radius 2 is 1.74 bits per heavy atom. The molecule has 8 heteroatoms. The normalized spacial score (nSPS) is 17.4. The summed E-state index contributed by atoms with van der Waals surface area (Å²) in [5, 5.41) is 12.4. The summed E-state index contributed by atoms with van der Waals surface area (Å²) in [4.78, 5) is 40.0. The Labute approximate surface area is 208 Å². The lowest BCUT2D eigenvalue weighted by atomic mass is 9.91. The lowest BCUT2D eigenvalue weighted by molar-refractivity contribution is -0.130. The second kappa shape index (κ2) is 9.40. The summed E-state index contributed by atoms with van der Waals surface area (Å²) in [7, 11) is 0. The average Bonchev–Trinajstić information content (AvgIpc) is 3.25. The third-order valence-electron chi connectivity index (χ3n) is 6.58. The number of imide groups is 1. The maximum Gasteiger partial charge on any atom is 0.325 e. The maximum absolute atomic E-state index is 13.2. The van der Waals surface area contributed by atoms with Crippen LogP contribution in [0, 0.1) is 25.2 Å². The lowest BCUT2D eigenvalue weighted by Gasteiger charge is -2.22. The molecule has 0 radical (unpaired) electrons. The minimum Gasteiger partial charge on any atom is -0.348 e. The first-order valence-corrected chi connectivity index (χ1v) is 11.6. The van der Waals surface area contributed by atoms with Gasteiger partial charge in [0.1, 0.15) is 5.54 Å². The van der Waals surface area contributed by atoms with Crippen molar-refractivity contribution >= 4 is 29.3 Å². The highest BCUT2D eigenvalue weighted by molar-refractivity contribution is 6.30. The van der Waals surface area contributed by atoms with Gasteiger partial charge >= 0.3 is 6.03 Å². The highest BCUT2D eigenvalue weighted by Crippen LogP contribution is 2.29. The molecular formula is C27H25ClN4O3. The van der Waals surface area contributed by atoms with Crippen molar-refractivity contribution in [3.63, 3.8) is 0 Å². The van der Waals surface area contributed by atoms with Gasteiger partial charge in [-0.05, 0) is 68.7 Å². The van der Waals surface area contributed by atoms with Crippen LogP contribution in [0.5, 0.6) is 0 Å². The molecule has 7 nitrogen and oxygen atoms in total. The van der Waals surface area contributed by atoms with E-state index in [0.29, 0.717) is 28.3 Å². The first-order valence-electron chi connectivity index (χ1n) is 11.2. The van der Waals surface area contributed by atoms with Gasteiger partial charge in [-0.3, -0.25) is 14.5 Å². The summed E-state index contributed by atoms with van der Waals surface area (Å²) in [5.41, 5.74) is 3.05. The number of amides is 3. The molecule has 0 aliphatic carbocycles. The number of hydrogen-bond acceptors (Lipinski definition) is 4. The van der Waals surface area contributed by atoms with Crippen molar-refractivity contribution in [1.29, 1.82) is 5.26 Å². The molecule has 0 saturated carbocycles. The zero-order valence-corrected chi connectivity index (χ0v) is 20.5. The Kier molecular flexibility index (Phi) is 6.51. The Balaban J connectivity index is 1.49. The Morgan fingerprint density at radius 1 is 1.09 bits per heavy atom. The van der Waals surface area contributed by atoms with Gasteiger partial charge in [-0.1, -0.05) is 35.9 Å². The highest BCUT2D eigenvalue weighted by Gasteiger charge is 2.49. The standard InChI is InChI=1S/C27H25ClN4O3/c1-17-14-23(18(2)31(17)13-12-19-6-10-22(28)11-7-19)24(33)16-32-25(34)27(3,30-26(32)35)21-8-4-20(15-29)5-9-21/h4-11,14H,12-13,16H2,1-3H3,(H,30,35). The largest absolute Gasteiger partial charge is 0.348 e. The number of nitrogens with zero attached hydrogens (tertiary/aromatic N) is 3. The van der Waals surface area contributed by atoms with Crippen molar-refractivity contribution < 1.29 is 14.4 Å². The van der Waals surface area contributed by atoms with E-state index in [2.05, 4.69) is 9.88 Å². The van der Waals surface area contributed by atoms with Crippen molar-refractivity contribution in [2.75, 3.05) is 6.54 Å². The molecule has 35 heavy (non-hydrogen) atoms. The van der Waals surface area contributed by atoms with Gasteiger partial charge in [0, 0.05) is 28.5 Å². The topological polar surface area (TPSA) is 95.2 Å². The van der Waals surface area contributed by atoms with Crippen LogP contribution in [-0.2, 0) is 23.3 Å². The van der Waals surface area contributed by atoms with Crippen LogP contribution < -0.4 is 5.32 Å². The molecule has 1 saturated heterocycles. The van der Waals surface area contributed by atoms with Crippen LogP contribution in [0.3, 0.4) is 0 Å². The van der Waals surface area contributed by atoms with E-state index >= 15 is 0 Å². The van der Waals surface area contributed by atoms with E-state index in [4.69, 9.17) is 16.9 Å². The summed E-state index contributed by atoms with van der Waals surface area (Å²) in [6.45, 7) is 5.74. The van der Waals surface area contributed by atoms with E-state index < -0.39 is 17.5 Å². The second-order valence-corrected chi connectivity index (χ2v) is 9.31. The van der Waals surface area contributed by atoms with Gasteiger partial charge in [0.25, 0.3) is 5.91 Å². The number of nitriles is 1. The maximum atomic E-state index is 13.2. The predicted octanol–water partition coefficient (Wildman–Crippen LogP) is 4.52. The first kappa shape index (κ1) is 24.2. The number of aryl methyl sites for hydroxylation is 2. The van der Waals surface area contributed by atoms with Gasteiger partial charge in [0.2, 0.25) is 0 Å². The van der Waals surface area contributed by atoms with E-state index in [1.54, 1.807) is 37.3 Å². The molecule has 1 atom stereocenters. The molecule has 1 aliphatic heterocycles. The summed E-state index contributed by atoms with van der Waals surface area (Å²) in [6.07, 6.45) is 0.775. The number of halogens is 1. The molecule has 1 N–H and O–H groups in total. The second-order valence-electron chi connectivity index (χ2n) is 8.87. The number of aromatic nitrogens is 1. The van der Waals surface area contributed by atoms with Crippen LogP contribution in [0.4, 0.5) is 4.79 Å². The molecule has 0 bridgehead atoms. The smallest absolute Gasteiger partial charge is 0.325 e. The number of benzene rings is 2. The van der Waals surface area contributed by atoms with Crippen molar-refractivity contribution in [1.82, 2.24) is 14.8 Å². The van der Waals surface area contributed by atoms with Gasteiger partial charge in [0.15, 0.2) is 5.78 Å². The third-order valence-corrected chi connectivity index (χ3v) is 6.83. The van der Waals surface area contributed by atoms with E-state index in [1.165, 1.54) is 0 Å². The number of carbonyl (C=O) groups is 3. The van der Waals surface area contributed by atoms with E-state index in [9.17, 15) is 14.4 Å². The molecule has 0 spiro atoms. The van der Waals surface area contributed by atoms with Crippen LogP contribution in [0.1, 0.15) is 45.4 Å². The van der Waals surface area contributed by atoms with Crippen molar-refractivity contribution in [3.8, 4) is 6.07 Å². The molecular weight excluding hydrogens is 464 g/mol. The van der Waals surface area contributed by atoms with Crippen molar-refractivity contribution in [3.05, 3.63) is 93.3 Å². The van der Waals surface area contributed by atoms with E-state index in [-0.39, 0.29) is 12.3 Å². The van der Waals surface area contributed by atoms with E-state index in [0.717, 1.165) is 28.3 Å². The van der Waals surface area contributed by atoms with E-state index in [1.807, 2.05) is 44.2 Å². The summed E-state index contributed by atoms with van der Waals surface area (Å²) in [5.74, 6) is -0.805.